The molecule has 4 nitrogen and oxygen atoms in total. The van der Waals surface area contributed by atoms with Crippen molar-refractivity contribution in [3.63, 3.8) is 0 Å². The topological polar surface area (TPSA) is 48.1 Å². The fraction of sp³-hybridized carbons (Fsp3) is 0.350. The van der Waals surface area contributed by atoms with Gasteiger partial charge >= 0.3 is 0 Å². The summed E-state index contributed by atoms with van der Waals surface area (Å²) in [5.74, 6) is 0.149. The molecule has 1 aromatic carbocycles. The van der Waals surface area contributed by atoms with Crippen LogP contribution in [0.5, 0.6) is 0 Å². The predicted octanol–water partition coefficient (Wildman–Crippen LogP) is 4.00. The molecule has 130 valence electrons. The number of H-pyrrole nitrogens is 1. The van der Waals surface area contributed by atoms with Crippen molar-refractivity contribution in [3.05, 3.63) is 46.8 Å². The molecule has 3 heterocycles. The Bertz CT molecular complexity index is 861. The van der Waals surface area contributed by atoms with Crippen LogP contribution in [0, 0.1) is 0 Å². The zero-order valence-corrected chi connectivity index (χ0v) is 15.1. The lowest BCUT2D eigenvalue weighted by molar-refractivity contribution is -0.121. The van der Waals surface area contributed by atoms with Gasteiger partial charge in [-0.05, 0) is 72.1 Å². The smallest absolute Gasteiger partial charge is 0.221 e. The maximum absolute atomic E-state index is 12.0. The van der Waals surface area contributed by atoms with Crippen molar-refractivity contribution in [1.29, 1.82) is 0 Å². The summed E-state index contributed by atoms with van der Waals surface area (Å²) < 4.78 is 0. The Labute approximate surface area is 151 Å². The minimum absolute atomic E-state index is 0.149. The summed E-state index contributed by atoms with van der Waals surface area (Å²) >= 11 is 1.70. The lowest BCUT2D eigenvalue weighted by Gasteiger charge is -2.13. The van der Waals surface area contributed by atoms with Gasteiger partial charge < -0.3 is 15.2 Å². The maximum Gasteiger partial charge on any atom is 0.221 e. The molecule has 1 amide bonds. The van der Waals surface area contributed by atoms with Gasteiger partial charge in [0.1, 0.15) is 0 Å². The van der Waals surface area contributed by atoms with Crippen LogP contribution in [0.25, 0.3) is 22.0 Å². The summed E-state index contributed by atoms with van der Waals surface area (Å²) in [4.78, 5) is 18.8. The molecule has 0 unspecified atom stereocenters. The number of hydrogen-bond acceptors (Lipinski definition) is 3. The predicted molar refractivity (Wildman–Crippen MR) is 104 cm³/mol. The van der Waals surface area contributed by atoms with E-state index in [0.717, 1.165) is 25.2 Å². The van der Waals surface area contributed by atoms with Crippen LogP contribution < -0.4 is 5.32 Å². The summed E-state index contributed by atoms with van der Waals surface area (Å²) in [5.41, 5.74) is 3.59. The van der Waals surface area contributed by atoms with Crippen LogP contribution in [0.4, 0.5) is 0 Å². The summed E-state index contributed by atoms with van der Waals surface area (Å²) in [7, 11) is 0. The number of nitrogens with zero attached hydrogens (tertiary/aromatic N) is 1. The zero-order valence-electron chi connectivity index (χ0n) is 14.3. The van der Waals surface area contributed by atoms with E-state index in [9.17, 15) is 4.79 Å². The average molecular weight is 353 g/mol. The lowest BCUT2D eigenvalue weighted by atomic mass is 10.1. The van der Waals surface area contributed by atoms with Crippen LogP contribution in [-0.2, 0) is 11.3 Å². The van der Waals surface area contributed by atoms with Crippen LogP contribution >= 0.6 is 11.3 Å². The number of aromatic nitrogens is 1. The van der Waals surface area contributed by atoms with Gasteiger partial charge in [-0.3, -0.25) is 4.79 Å². The van der Waals surface area contributed by atoms with Crippen molar-refractivity contribution >= 4 is 28.1 Å². The standard InChI is InChI=1S/C20H23N3OS/c24-20(6-10-23-8-1-2-9-23)22-13-18-12-17(14-25-18)15-3-4-19-16(11-15)5-7-21-19/h3-5,7,11-12,14,21H,1-2,6,8-10,13H2,(H,22,24). The molecule has 4 rings (SSSR count). The lowest BCUT2D eigenvalue weighted by Crippen LogP contribution is -2.28. The minimum atomic E-state index is 0.149. The number of amides is 1. The normalized spacial score (nSPS) is 15.0. The molecule has 2 aromatic heterocycles. The van der Waals surface area contributed by atoms with Gasteiger partial charge in [0.15, 0.2) is 0 Å². The maximum atomic E-state index is 12.0. The Morgan fingerprint density at radius 3 is 2.92 bits per heavy atom. The van der Waals surface area contributed by atoms with E-state index in [1.165, 1.54) is 34.2 Å². The van der Waals surface area contributed by atoms with Gasteiger partial charge in [0.05, 0.1) is 6.54 Å². The van der Waals surface area contributed by atoms with E-state index < -0.39 is 0 Å². The molecular formula is C20H23N3OS. The number of aromatic amines is 1. The molecule has 0 bridgehead atoms. The Morgan fingerprint density at radius 1 is 1.16 bits per heavy atom. The molecule has 2 N–H and O–H groups in total. The second-order valence-electron chi connectivity index (χ2n) is 6.66. The number of rotatable bonds is 6. The van der Waals surface area contributed by atoms with E-state index in [0.29, 0.717) is 13.0 Å². The molecule has 3 aromatic rings. The Morgan fingerprint density at radius 2 is 2.04 bits per heavy atom. The van der Waals surface area contributed by atoms with Gasteiger partial charge in [-0.1, -0.05) is 6.07 Å². The summed E-state index contributed by atoms with van der Waals surface area (Å²) in [5, 5.41) is 6.44. The SMILES string of the molecule is O=C(CCN1CCCC1)NCc1cc(-c2ccc3[nH]ccc3c2)cs1. The third-order valence-electron chi connectivity index (χ3n) is 4.85. The van der Waals surface area contributed by atoms with E-state index in [2.05, 4.69) is 50.9 Å². The molecular weight excluding hydrogens is 330 g/mol. The number of nitrogens with one attached hydrogen (secondary N) is 2. The van der Waals surface area contributed by atoms with Gasteiger partial charge in [-0.2, -0.15) is 0 Å². The molecule has 0 radical (unpaired) electrons. The van der Waals surface area contributed by atoms with E-state index in [4.69, 9.17) is 0 Å². The minimum Gasteiger partial charge on any atom is -0.361 e. The van der Waals surface area contributed by atoms with E-state index in [1.807, 2.05) is 6.20 Å². The number of benzene rings is 1. The second-order valence-corrected chi connectivity index (χ2v) is 7.65. The van der Waals surface area contributed by atoms with Crippen molar-refractivity contribution in [2.24, 2.45) is 0 Å². The van der Waals surface area contributed by atoms with Crippen LogP contribution in [0.2, 0.25) is 0 Å². The highest BCUT2D eigenvalue weighted by Crippen LogP contribution is 2.28. The van der Waals surface area contributed by atoms with Crippen LogP contribution in [0.15, 0.2) is 41.9 Å². The highest BCUT2D eigenvalue weighted by molar-refractivity contribution is 7.10. The van der Waals surface area contributed by atoms with Crippen LogP contribution in [0.1, 0.15) is 24.1 Å². The first kappa shape index (κ1) is 16.4. The number of carbonyl (C=O) groups excluding carboxylic acids is 1. The first-order valence-electron chi connectivity index (χ1n) is 8.92. The second kappa shape index (κ2) is 7.42. The highest BCUT2D eigenvalue weighted by atomic mass is 32.1. The zero-order chi connectivity index (χ0) is 17.1. The molecule has 0 atom stereocenters. The molecule has 1 fully saturated rings. The first-order valence-corrected chi connectivity index (χ1v) is 9.80. The van der Waals surface area contributed by atoms with Gasteiger partial charge in [-0.25, -0.2) is 0 Å². The van der Waals surface area contributed by atoms with E-state index in [1.54, 1.807) is 11.3 Å². The molecule has 0 saturated carbocycles. The fourth-order valence-electron chi connectivity index (χ4n) is 3.40. The van der Waals surface area contributed by atoms with Crippen molar-refractivity contribution in [3.8, 4) is 11.1 Å². The number of likely N-dealkylation sites (tertiary alicyclic amines) is 1. The van der Waals surface area contributed by atoms with Crippen molar-refractivity contribution in [2.75, 3.05) is 19.6 Å². The average Bonchev–Trinajstić information content (AvgIpc) is 3.39. The number of hydrogen-bond donors (Lipinski definition) is 2. The number of carbonyl (C=O) groups is 1. The van der Waals surface area contributed by atoms with Crippen LogP contribution in [0.3, 0.4) is 0 Å². The Balaban J connectivity index is 1.32. The monoisotopic (exact) mass is 353 g/mol. The quantitative estimate of drug-likeness (QED) is 0.704. The highest BCUT2D eigenvalue weighted by Gasteiger charge is 2.13. The van der Waals surface area contributed by atoms with E-state index >= 15 is 0 Å². The molecule has 0 spiro atoms. The molecule has 5 heteroatoms. The molecule has 1 saturated heterocycles. The molecule has 1 aliphatic heterocycles. The number of thiophene rings is 1. The van der Waals surface area contributed by atoms with E-state index in [-0.39, 0.29) is 5.91 Å². The largest absolute Gasteiger partial charge is 0.361 e. The third-order valence-corrected chi connectivity index (χ3v) is 5.79. The fourth-order valence-corrected chi connectivity index (χ4v) is 4.23. The summed E-state index contributed by atoms with van der Waals surface area (Å²) in [6.07, 6.45) is 5.11. The summed E-state index contributed by atoms with van der Waals surface area (Å²) in [6, 6.07) is 10.7. The Hall–Kier alpha value is -2.11. The summed E-state index contributed by atoms with van der Waals surface area (Å²) in [6.45, 7) is 3.80. The van der Waals surface area contributed by atoms with Crippen molar-refractivity contribution in [1.82, 2.24) is 15.2 Å². The third kappa shape index (κ3) is 3.94. The Kier molecular flexibility index (Phi) is 4.85. The first-order chi connectivity index (χ1) is 12.3. The van der Waals surface area contributed by atoms with Gasteiger partial charge in [0.25, 0.3) is 0 Å². The molecule has 0 aliphatic carbocycles. The van der Waals surface area contributed by atoms with Gasteiger partial charge in [0.2, 0.25) is 5.91 Å². The van der Waals surface area contributed by atoms with Gasteiger partial charge in [0, 0.05) is 29.6 Å². The van der Waals surface area contributed by atoms with Gasteiger partial charge in [-0.15, -0.1) is 11.3 Å². The van der Waals surface area contributed by atoms with Crippen LogP contribution in [-0.4, -0.2) is 35.4 Å². The molecule has 25 heavy (non-hydrogen) atoms. The molecule has 1 aliphatic rings. The van der Waals surface area contributed by atoms with Crippen molar-refractivity contribution in [2.45, 2.75) is 25.8 Å². The van der Waals surface area contributed by atoms with Crippen molar-refractivity contribution < 1.29 is 4.79 Å². The number of fused-ring (bicyclic) bond motifs is 1.